The molecule has 5 rings (SSSR count). The van der Waals surface area contributed by atoms with Gasteiger partial charge in [0.25, 0.3) is 0 Å². The number of anilines is 1. The van der Waals surface area contributed by atoms with Crippen LogP contribution in [-0.2, 0) is 28.2 Å². The van der Waals surface area contributed by atoms with Crippen molar-refractivity contribution in [3.63, 3.8) is 0 Å². The molecule has 1 saturated heterocycles. The van der Waals surface area contributed by atoms with Crippen molar-refractivity contribution in [1.82, 2.24) is 4.90 Å². The summed E-state index contributed by atoms with van der Waals surface area (Å²) in [5.41, 5.74) is 4.98. The van der Waals surface area contributed by atoms with Gasteiger partial charge in [0.05, 0.1) is 18.6 Å². The van der Waals surface area contributed by atoms with Crippen LogP contribution in [0.2, 0.25) is 0 Å². The zero-order valence-corrected chi connectivity index (χ0v) is 16.9. The lowest BCUT2D eigenvalue weighted by Crippen LogP contribution is -2.43. The van der Waals surface area contributed by atoms with E-state index < -0.39 is 0 Å². The van der Waals surface area contributed by atoms with Crippen molar-refractivity contribution in [3.8, 4) is 0 Å². The summed E-state index contributed by atoms with van der Waals surface area (Å²) in [4.78, 5) is 16.8. The molecule has 0 unspecified atom stereocenters. The van der Waals surface area contributed by atoms with Crippen LogP contribution in [0.25, 0.3) is 0 Å². The fourth-order valence-electron chi connectivity index (χ4n) is 4.95. The summed E-state index contributed by atoms with van der Waals surface area (Å²) in [5, 5.41) is 0. The maximum Gasteiger partial charge on any atom is 0.231 e. The number of halogens is 1. The van der Waals surface area contributed by atoms with Crippen molar-refractivity contribution in [1.29, 1.82) is 0 Å². The summed E-state index contributed by atoms with van der Waals surface area (Å²) in [6, 6.07) is 16.9. The second-order valence-electron chi connectivity index (χ2n) is 7.99. The van der Waals surface area contributed by atoms with Crippen molar-refractivity contribution >= 4 is 24.0 Å². The number of likely N-dealkylation sites (tertiary alicyclic amines) is 1. The van der Waals surface area contributed by atoms with Crippen molar-refractivity contribution in [2.75, 3.05) is 31.1 Å². The Balaban J connectivity index is 0.00000192. The van der Waals surface area contributed by atoms with Gasteiger partial charge in [0.1, 0.15) is 0 Å². The van der Waals surface area contributed by atoms with Gasteiger partial charge in [0.15, 0.2) is 0 Å². The lowest BCUT2D eigenvalue weighted by Gasteiger charge is -2.39. The molecule has 0 saturated carbocycles. The van der Waals surface area contributed by atoms with E-state index in [-0.39, 0.29) is 23.9 Å². The van der Waals surface area contributed by atoms with Gasteiger partial charge in [0.2, 0.25) is 5.91 Å². The number of fused-ring (bicyclic) bond motifs is 3. The van der Waals surface area contributed by atoms with E-state index in [1.165, 1.54) is 16.7 Å². The molecule has 148 valence electrons. The number of benzene rings is 2. The first kappa shape index (κ1) is 19.4. The Bertz CT molecular complexity index is 861. The molecule has 3 aliphatic rings. The Hall–Kier alpha value is -1.88. The summed E-state index contributed by atoms with van der Waals surface area (Å²) in [6.07, 6.45) is 3.70. The third-order valence-electron chi connectivity index (χ3n) is 6.46. The Morgan fingerprint density at radius 2 is 1.64 bits per heavy atom. The van der Waals surface area contributed by atoms with E-state index in [4.69, 9.17) is 4.74 Å². The van der Waals surface area contributed by atoms with Gasteiger partial charge in [-0.05, 0) is 48.6 Å². The first-order valence-electron chi connectivity index (χ1n) is 10.1. The van der Waals surface area contributed by atoms with Gasteiger partial charge >= 0.3 is 0 Å². The Kier molecular flexibility index (Phi) is 5.46. The third-order valence-corrected chi connectivity index (χ3v) is 6.46. The van der Waals surface area contributed by atoms with E-state index in [1.807, 2.05) is 17.0 Å². The molecule has 0 bridgehead atoms. The minimum atomic E-state index is -0.0586. The van der Waals surface area contributed by atoms with Crippen LogP contribution >= 0.6 is 12.4 Å². The zero-order valence-electron chi connectivity index (χ0n) is 16.1. The van der Waals surface area contributed by atoms with Gasteiger partial charge in [-0.1, -0.05) is 42.5 Å². The number of ether oxygens (including phenoxy) is 1. The van der Waals surface area contributed by atoms with Gasteiger partial charge in [-0.3, -0.25) is 4.79 Å². The molecule has 5 heteroatoms. The van der Waals surface area contributed by atoms with Crippen LogP contribution in [0.1, 0.15) is 36.0 Å². The highest BCUT2D eigenvalue weighted by atomic mass is 35.5. The van der Waals surface area contributed by atoms with Crippen molar-refractivity contribution in [2.24, 2.45) is 0 Å². The first-order valence-corrected chi connectivity index (χ1v) is 10.1. The molecule has 0 aromatic heterocycles. The number of hydrogen-bond acceptors (Lipinski definition) is 3. The maximum absolute atomic E-state index is 12.3. The predicted octanol–water partition coefficient (Wildman–Crippen LogP) is 3.91. The van der Waals surface area contributed by atoms with Crippen LogP contribution in [0.15, 0.2) is 48.5 Å². The first-order chi connectivity index (χ1) is 13.3. The average molecular weight is 399 g/mol. The van der Waals surface area contributed by atoms with Crippen LogP contribution in [-0.4, -0.2) is 37.0 Å². The molecular weight excluding hydrogens is 372 g/mol. The number of rotatable bonds is 4. The molecule has 0 atom stereocenters. The zero-order chi connectivity index (χ0) is 18.3. The summed E-state index contributed by atoms with van der Waals surface area (Å²) in [5.74, 6) is 0.241. The lowest BCUT2D eigenvalue weighted by molar-refractivity contribution is -0.117. The fourth-order valence-corrected chi connectivity index (χ4v) is 4.95. The minimum Gasteiger partial charge on any atom is -0.365 e. The SMILES string of the molecule is Cl.O=C1Cc2ccccc2N1CCCN1CCC2(CC1)OCc1ccccc12. The van der Waals surface area contributed by atoms with Crippen molar-refractivity contribution < 1.29 is 9.53 Å². The summed E-state index contributed by atoms with van der Waals surface area (Å²) in [6.45, 7) is 4.75. The molecule has 1 fully saturated rings. The van der Waals surface area contributed by atoms with Gasteiger partial charge in [-0.15, -0.1) is 12.4 Å². The number of nitrogens with zero attached hydrogens (tertiary/aromatic N) is 2. The molecule has 3 heterocycles. The van der Waals surface area contributed by atoms with E-state index in [0.717, 1.165) is 57.7 Å². The topological polar surface area (TPSA) is 32.8 Å². The molecule has 1 amide bonds. The number of para-hydroxylation sites is 1. The molecule has 1 spiro atoms. The number of carbonyl (C=O) groups is 1. The molecule has 28 heavy (non-hydrogen) atoms. The highest BCUT2D eigenvalue weighted by Gasteiger charge is 2.42. The Labute approximate surface area is 172 Å². The number of piperidine rings is 1. The largest absolute Gasteiger partial charge is 0.365 e. The second-order valence-corrected chi connectivity index (χ2v) is 7.99. The van der Waals surface area contributed by atoms with E-state index in [9.17, 15) is 4.79 Å². The van der Waals surface area contributed by atoms with Gasteiger partial charge < -0.3 is 14.5 Å². The predicted molar refractivity (Wildman–Crippen MR) is 113 cm³/mol. The summed E-state index contributed by atoms with van der Waals surface area (Å²) >= 11 is 0. The quantitative estimate of drug-likeness (QED) is 0.782. The van der Waals surface area contributed by atoms with Crippen LogP contribution < -0.4 is 4.90 Å². The molecule has 2 aromatic rings. The van der Waals surface area contributed by atoms with E-state index >= 15 is 0 Å². The molecular formula is C23H27ClN2O2. The Morgan fingerprint density at radius 3 is 2.46 bits per heavy atom. The van der Waals surface area contributed by atoms with Gasteiger partial charge in [-0.2, -0.15) is 0 Å². The minimum absolute atomic E-state index is 0. The smallest absolute Gasteiger partial charge is 0.231 e. The molecule has 4 nitrogen and oxygen atoms in total. The molecule has 0 N–H and O–H groups in total. The van der Waals surface area contributed by atoms with E-state index in [1.54, 1.807) is 0 Å². The normalized spacial score (nSPS) is 20.1. The van der Waals surface area contributed by atoms with Gasteiger partial charge in [0, 0.05) is 25.3 Å². The highest BCUT2D eigenvalue weighted by Crippen LogP contribution is 2.43. The second kappa shape index (κ2) is 7.86. The average Bonchev–Trinajstić information content (AvgIpc) is 3.22. The van der Waals surface area contributed by atoms with Crippen LogP contribution in [0.4, 0.5) is 5.69 Å². The fraction of sp³-hybridized carbons (Fsp3) is 0.435. The summed E-state index contributed by atoms with van der Waals surface area (Å²) < 4.78 is 6.26. The van der Waals surface area contributed by atoms with E-state index in [0.29, 0.717) is 6.42 Å². The van der Waals surface area contributed by atoms with Crippen LogP contribution in [0.5, 0.6) is 0 Å². The number of hydrogen-bond donors (Lipinski definition) is 0. The third kappa shape index (κ3) is 3.34. The number of carbonyl (C=O) groups excluding carboxylic acids is 1. The van der Waals surface area contributed by atoms with Crippen molar-refractivity contribution in [3.05, 3.63) is 65.2 Å². The van der Waals surface area contributed by atoms with Crippen molar-refractivity contribution in [2.45, 2.75) is 37.9 Å². The summed E-state index contributed by atoms with van der Waals surface area (Å²) in [7, 11) is 0. The molecule has 2 aromatic carbocycles. The maximum atomic E-state index is 12.3. The standard InChI is InChI=1S/C23H26N2O2.ClH/c26-22-16-18-6-2-4-9-21(18)25(22)13-5-12-24-14-10-23(11-15-24)20-8-3-1-7-19(20)17-27-23;/h1-4,6-9H,5,10-17H2;1H. The van der Waals surface area contributed by atoms with Crippen LogP contribution in [0, 0.1) is 0 Å². The van der Waals surface area contributed by atoms with Crippen LogP contribution in [0.3, 0.4) is 0 Å². The lowest BCUT2D eigenvalue weighted by atomic mass is 9.84. The monoisotopic (exact) mass is 398 g/mol. The molecule has 0 radical (unpaired) electrons. The van der Waals surface area contributed by atoms with Gasteiger partial charge in [-0.25, -0.2) is 0 Å². The molecule has 3 aliphatic heterocycles. The van der Waals surface area contributed by atoms with E-state index in [2.05, 4.69) is 41.3 Å². The highest BCUT2D eigenvalue weighted by molar-refractivity contribution is 6.01. The molecule has 0 aliphatic carbocycles. The Morgan fingerprint density at radius 1 is 0.929 bits per heavy atom. The number of amides is 1.